The highest BCUT2D eigenvalue weighted by Gasteiger charge is 2.38. The molecule has 3 atom stereocenters. The summed E-state index contributed by atoms with van der Waals surface area (Å²) < 4.78 is 2.89. The topological polar surface area (TPSA) is 95.6 Å². The highest BCUT2D eigenvalue weighted by atomic mass is 79.9. The van der Waals surface area contributed by atoms with Crippen molar-refractivity contribution in [3.05, 3.63) is 52.5 Å². The number of anilines is 1. The molecule has 0 radical (unpaired) electrons. The van der Waals surface area contributed by atoms with Crippen molar-refractivity contribution in [3.8, 4) is 0 Å². The summed E-state index contributed by atoms with van der Waals surface area (Å²) in [5.41, 5.74) is 1.84. The van der Waals surface area contributed by atoms with Crippen molar-refractivity contribution < 1.29 is 10.2 Å². The number of hydrogen-bond acceptors (Lipinski definition) is 7. The number of aromatic nitrogens is 4. The van der Waals surface area contributed by atoms with Crippen LogP contribution < -0.4 is 5.32 Å². The van der Waals surface area contributed by atoms with Crippen molar-refractivity contribution in [1.29, 1.82) is 0 Å². The third-order valence-electron chi connectivity index (χ3n) is 4.35. The van der Waals surface area contributed by atoms with Crippen LogP contribution in [0.2, 0.25) is 0 Å². The van der Waals surface area contributed by atoms with Gasteiger partial charge in [-0.05, 0) is 24.1 Å². The molecule has 1 aliphatic heterocycles. The summed E-state index contributed by atoms with van der Waals surface area (Å²) in [7, 11) is 0. The summed E-state index contributed by atoms with van der Waals surface area (Å²) in [6, 6.07) is 8.19. The predicted molar refractivity (Wildman–Crippen MR) is 104 cm³/mol. The van der Waals surface area contributed by atoms with Crippen LogP contribution in [0.15, 0.2) is 41.1 Å². The second-order valence-corrected chi connectivity index (χ2v) is 8.24. The highest BCUT2D eigenvalue weighted by molar-refractivity contribution is 9.10. The molecule has 1 fully saturated rings. The number of hydrogen-bond donors (Lipinski definition) is 3. The van der Waals surface area contributed by atoms with Gasteiger partial charge in [0.1, 0.15) is 0 Å². The minimum Gasteiger partial charge on any atom is -0.390 e. The number of nitrogens with one attached hydrogen (secondary N) is 1. The minimum atomic E-state index is -0.839. The van der Waals surface area contributed by atoms with E-state index in [9.17, 15) is 10.2 Å². The molecule has 136 valence electrons. The lowest BCUT2D eigenvalue weighted by Gasteiger charge is -2.13. The van der Waals surface area contributed by atoms with Gasteiger partial charge in [0.25, 0.3) is 0 Å². The van der Waals surface area contributed by atoms with Crippen LogP contribution in [0, 0.1) is 0 Å². The van der Waals surface area contributed by atoms with Crippen LogP contribution in [-0.2, 0) is 6.42 Å². The van der Waals surface area contributed by atoms with Crippen LogP contribution in [-0.4, -0.2) is 54.3 Å². The van der Waals surface area contributed by atoms with Crippen molar-refractivity contribution in [2.24, 2.45) is 0 Å². The molecule has 3 aromatic rings. The lowest BCUT2D eigenvalue weighted by Crippen LogP contribution is -2.25. The Morgan fingerprint density at radius 2 is 2.19 bits per heavy atom. The SMILES string of the molecule is O[C@@H]1[C@H](O)CS[C@H]1c1nnc2c(NCCc3cccc(Br)c3)nccn12. The van der Waals surface area contributed by atoms with Gasteiger partial charge in [-0.1, -0.05) is 28.1 Å². The summed E-state index contributed by atoms with van der Waals surface area (Å²) in [5.74, 6) is 1.77. The summed E-state index contributed by atoms with van der Waals surface area (Å²) >= 11 is 4.97. The van der Waals surface area contributed by atoms with Crippen molar-refractivity contribution in [2.45, 2.75) is 23.9 Å². The van der Waals surface area contributed by atoms with Gasteiger partial charge in [0.2, 0.25) is 5.65 Å². The number of thioether (sulfide) groups is 1. The lowest BCUT2D eigenvalue weighted by molar-refractivity contribution is 0.0404. The van der Waals surface area contributed by atoms with E-state index in [4.69, 9.17) is 0 Å². The third kappa shape index (κ3) is 3.44. The molecule has 3 heterocycles. The van der Waals surface area contributed by atoms with Crippen LogP contribution in [0.4, 0.5) is 5.82 Å². The first-order chi connectivity index (χ1) is 12.6. The fourth-order valence-corrected chi connectivity index (χ4v) is 4.75. The highest BCUT2D eigenvalue weighted by Crippen LogP contribution is 2.39. The van der Waals surface area contributed by atoms with Crippen LogP contribution >= 0.6 is 27.7 Å². The first-order valence-electron chi connectivity index (χ1n) is 8.29. The number of aliphatic hydroxyl groups is 2. The molecule has 0 unspecified atom stereocenters. The minimum absolute atomic E-state index is 0.295. The Morgan fingerprint density at radius 1 is 1.31 bits per heavy atom. The Balaban J connectivity index is 1.52. The molecular weight excluding hydrogens is 418 g/mol. The first-order valence-corrected chi connectivity index (χ1v) is 10.1. The zero-order valence-electron chi connectivity index (χ0n) is 13.8. The summed E-state index contributed by atoms with van der Waals surface area (Å²) in [5, 5.41) is 31.4. The maximum Gasteiger partial charge on any atom is 0.203 e. The molecule has 0 bridgehead atoms. The van der Waals surface area contributed by atoms with E-state index in [-0.39, 0.29) is 5.25 Å². The molecular formula is C17H18BrN5O2S. The largest absolute Gasteiger partial charge is 0.390 e. The number of fused-ring (bicyclic) bond motifs is 1. The lowest BCUT2D eigenvalue weighted by atomic mass is 10.1. The van der Waals surface area contributed by atoms with E-state index in [0.717, 1.165) is 10.9 Å². The average molecular weight is 436 g/mol. The smallest absolute Gasteiger partial charge is 0.203 e. The number of aliphatic hydroxyl groups excluding tert-OH is 2. The average Bonchev–Trinajstić information content (AvgIpc) is 3.20. The summed E-state index contributed by atoms with van der Waals surface area (Å²) in [6.07, 6.45) is 2.74. The van der Waals surface area contributed by atoms with Gasteiger partial charge in [-0.2, -0.15) is 0 Å². The van der Waals surface area contributed by atoms with E-state index in [0.29, 0.717) is 29.6 Å². The second kappa shape index (κ2) is 7.51. The van der Waals surface area contributed by atoms with Crippen LogP contribution in [0.25, 0.3) is 5.65 Å². The van der Waals surface area contributed by atoms with Crippen LogP contribution in [0.5, 0.6) is 0 Å². The molecule has 9 heteroatoms. The Hall–Kier alpha value is -1.68. The first kappa shape index (κ1) is 17.7. The molecule has 26 heavy (non-hydrogen) atoms. The van der Waals surface area contributed by atoms with Gasteiger partial charge in [-0.3, -0.25) is 4.40 Å². The van der Waals surface area contributed by atoms with Gasteiger partial charge >= 0.3 is 0 Å². The Labute approximate surface area is 163 Å². The fraction of sp³-hybridized carbons (Fsp3) is 0.353. The molecule has 0 saturated carbocycles. The van der Waals surface area contributed by atoms with Gasteiger partial charge in [0.15, 0.2) is 11.6 Å². The van der Waals surface area contributed by atoms with Gasteiger partial charge in [0, 0.05) is 29.2 Å². The van der Waals surface area contributed by atoms with E-state index in [1.807, 2.05) is 16.5 Å². The zero-order valence-corrected chi connectivity index (χ0v) is 16.2. The Kier molecular flexibility index (Phi) is 5.12. The number of nitrogens with zero attached hydrogens (tertiary/aromatic N) is 4. The molecule has 1 aromatic carbocycles. The van der Waals surface area contributed by atoms with Crippen molar-refractivity contribution in [1.82, 2.24) is 19.6 Å². The molecule has 1 saturated heterocycles. The zero-order chi connectivity index (χ0) is 18.1. The van der Waals surface area contributed by atoms with Crippen LogP contribution in [0.1, 0.15) is 16.6 Å². The molecule has 0 spiro atoms. The van der Waals surface area contributed by atoms with E-state index < -0.39 is 12.2 Å². The van der Waals surface area contributed by atoms with Gasteiger partial charge in [0.05, 0.1) is 17.5 Å². The number of rotatable bonds is 5. The number of halogens is 1. The standard InChI is InChI=1S/C17H18BrN5O2S/c18-11-3-1-2-10(8-11)4-5-19-15-17-22-21-16(23(17)7-6-20-15)14-13(25)12(24)9-26-14/h1-3,6-8,12-14,24-25H,4-5,9H2,(H,19,20)/t12-,13-,14-/m1/s1. The number of benzene rings is 1. The normalized spacial score (nSPS) is 22.8. The summed E-state index contributed by atoms with van der Waals surface area (Å²) in [4.78, 5) is 4.37. The van der Waals surface area contributed by atoms with Gasteiger partial charge in [-0.15, -0.1) is 22.0 Å². The maximum atomic E-state index is 10.2. The molecule has 2 aromatic heterocycles. The van der Waals surface area contributed by atoms with Gasteiger partial charge < -0.3 is 15.5 Å². The van der Waals surface area contributed by atoms with E-state index in [2.05, 4.69) is 48.6 Å². The van der Waals surface area contributed by atoms with E-state index in [1.54, 1.807) is 12.4 Å². The molecule has 7 nitrogen and oxygen atoms in total. The molecule has 0 amide bonds. The van der Waals surface area contributed by atoms with E-state index >= 15 is 0 Å². The third-order valence-corrected chi connectivity index (χ3v) is 6.23. The van der Waals surface area contributed by atoms with Crippen molar-refractivity contribution in [2.75, 3.05) is 17.6 Å². The van der Waals surface area contributed by atoms with Crippen molar-refractivity contribution >= 4 is 39.2 Å². The molecule has 3 N–H and O–H groups in total. The maximum absolute atomic E-state index is 10.2. The molecule has 0 aliphatic carbocycles. The Morgan fingerprint density at radius 3 is 2.96 bits per heavy atom. The second-order valence-electron chi connectivity index (χ2n) is 6.15. The van der Waals surface area contributed by atoms with Crippen molar-refractivity contribution in [3.63, 3.8) is 0 Å². The van der Waals surface area contributed by atoms with Crippen LogP contribution in [0.3, 0.4) is 0 Å². The monoisotopic (exact) mass is 435 g/mol. The summed E-state index contributed by atoms with van der Waals surface area (Å²) in [6.45, 7) is 0.713. The quantitative estimate of drug-likeness (QED) is 0.564. The fourth-order valence-electron chi connectivity index (χ4n) is 3.01. The molecule has 1 aliphatic rings. The molecule has 4 rings (SSSR count). The Bertz CT molecular complexity index is 921. The van der Waals surface area contributed by atoms with Gasteiger partial charge in [-0.25, -0.2) is 4.98 Å². The van der Waals surface area contributed by atoms with E-state index in [1.165, 1.54) is 17.3 Å². The predicted octanol–water partition coefficient (Wildman–Crippen LogP) is 2.05.